The average molecular weight is 330 g/mol. The maximum atomic E-state index is 11.9. The molecule has 1 amide bonds. The SMILES string of the molecule is O=C(Nc1ccc(Nc2cccc3cccnc23)nc1)c1ccco1. The second kappa shape index (κ2) is 6.45. The molecule has 1 aromatic carbocycles. The summed E-state index contributed by atoms with van der Waals surface area (Å²) in [6.45, 7) is 0. The molecule has 0 aliphatic rings. The van der Waals surface area contributed by atoms with Gasteiger partial charge in [0.25, 0.3) is 5.91 Å². The fourth-order valence-electron chi connectivity index (χ4n) is 2.49. The fourth-order valence-corrected chi connectivity index (χ4v) is 2.49. The van der Waals surface area contributed by atoms with Crippen LogP contribution >= 0.6 is 0 Å². The van der Waals surface area contributed by atoms with Gasteiger partial charge in [0.05, 0.1) is 29.4 Å². The molecule has 0 saturated carbocycles. The molecular weight excluding hydrogens is 316 g/mol. The first-order chi connectivity index (χ1) is 12.3. The lowest BCUT2D eigenvalue weighted by atomic mass is 10.2. The van der Waals surface area contributed by atoms with Gasteiger partial charge in [0.15, 0.2) is 5.76 Å². The molecule has 3 heterocycles. The molecule has 0 atom stereocenters. The summed E-state index contributed by atoms with van der Waals surface area (Å²) in [6.07, 6.45) is 4.80. The second-order valence-electron chi connectivity index (χ2n) is 5.37. The van der Waals surface area contributed by atoms with Crippen molar-refractivity contribution >= 4 is 34.0 Å². The molecule has 25 heavy (non-hydrogen) atoms. The van der Waals surface area contributed by atoms with E-state index < -0.39 is 0 Å². The van der Waals surface area contributed by atoms with E-state index in [0.717, 1.165) is 16.6 Å². The summed E-state index contributed by atoms with van der Waals surface area (Å²) in [7, 11) is 0. The number of hydrogen-bond donors (Lipinski definition) is 2. The molecule has 3 aromatic heterocycles. The van der Waals surface area contributed by atoms with Crippen molar-refractivity contribution in [1.82, 2.24) is 9.97 Å². The number of para-hydroxylation sites is 1. The Morgan fingerprint density at radius 3 is 2.68 bits per heavy atom. The van der Waals surface area contributed by atoms with Gasteiger partial charge in [0.2, 0.25) is 0 Å². The van der Waals surface area contributed by atoms with Gasteiger partial charge in [0.1, 0.15) is 5.82 Å². The Morgan fingerprint density at radius 1 is 0.960 bits per heavy atom. The van der Waals surface area contributed by atoms with Crippen LogP contribution in [-0.2, 0) is 0 Å². The molecule has 0 bridgehead atoms. The number of amides is 1. The molecule has 0 aliphatic heterocycles. The van der Waals surface area contributed by atoms with Crippen molar-refractivity contribution in [1.29, 1.82) is 0 Å². The minimum atomic E-state index is -0.314. The summed E-state index contributed by atoms with van der Waals surface area (Å²) in [5.74, 6) is 0.601. The molecule has 0 spiro atoms. The van der Waals surface area contributed by atoms with Gasteiger partial charge >= 0.3 is 0 Å². The Balaban J connectivity index is 1.51. The Bertz CT molecular complexity index is 1010. The largest absolute Gasteiger partial charge is 0.459 e. The van der Waals surface area contributed by atoms with E-state index in [9.17, 15) is 4.79 Å². The van der Waals surface area contributed by atoms with Crippen molar-refractivity contribution in [2.24, 2.45) is 0 Å². The highest BCUT2D eigenvalue weighted by atomic mass is 16.3. The van der Waals surface area contributed by atoms with Gasteiger partial charge in [-0.05, 0) is 36.4 Å². The Labute approximate surface area is 143 Å². The maximum absolute atomic E-state index is 11.9. The molecule has 0 saturated heterocycles. The summed E-state index contributed by atoms with van der Waals surface area (Å²) < 4.78 is 5.06. The molecule has 0 fully saturated rings. The third-order valence-electron chi connectivity index (χ3n) is 3.66. The number of carbonyl (C=O) groups excluding carboxylic acids is 1. The van der Waals surface area contributed by atoms with Crippen LogP contribution < -0.4 is 10.6 Å². The van der Waals surface area contributed by atoms with E-state index >= 15 is 0 Å². The fraction of sp³-hybridized carbons (Fsp3) is 0. The van der Waals surface area contributed by atoms with Crippen LogP contribution in [0.5, 0.6) is 0 Å². The highest BCUT2D eigenvalue weighted by Gasteiger charge is 2.09. The quantitative estimate of drug-likeness (QED) is 0.585. The zero-order valence-corrected chi connectivity index (χ0v) is 13.1. The lowest BCUT2D eigenvalue weighted by Gasteiger charge is -2.09. The lowest BCUT2D eigenvalue weighted by molar-refractivity contribution is 0.0996. The normalized spacial score (nSPS) is 10.6. The van der Waals surface area contributed by atoms with Crippen molar-refractivity contribution < 1.29 is 9.21 Å². The highest BCUT2D eigenvalue weighted by Crippen LogP contribution is 2.24. The molecular formula is C19H14N4O2. The van der Waals surface area contributed by atoms with Crippen molar-refractivity contribution in [3.63, 3.8) is 0 Å². The van der Waals surface area contributed by atoms with Crippen LogP contribution in [0.25, 0.3) is 10.9 Å². The predicted octanol–water partition coefficient (Wildman–Crippen LogP) is 4.22. The standard InChI is InChI=1S/C19H14N4O2/c24-19(16-7-3-11-25-16)22-14-8-9-17(21-12-14)23-15-6-1-4-13-5-2-10-20-18(13)15/h1-12H,(H,21,23)(H,22,24). The van der Waals surface area contributed by atoms with Gasteiger partial charge in [0, 0.05) is 11.6 Å². The monoisotopic (exact) mass is 330 g/mol. The van der Waals surface area contributed by atoms with Crippen molar-refractivity contribution in [2.75, 3.05) is 10.6 Å². The number of rotatable bonds is 4. The zero-order valence-electron chi connectivity index (χ0n) is 13.1. The molecule has 0 unspecified atom stereocenters. The summed E-state index contributed by atoms with van der Waals surface area (Å²) >= 11 is 0. The van der Waals surface area contributed by atoms with E-state index in [4.69, 9.17) is 4.42 Å². The molecule has 0 radical (unpaired) electrons. The number of carbonyl (C=O) groups is 1. The van der Waals surface area contributed by atoms with E-state index in [1.54, 1.807) is 36.7 Å². The van der Waals surface area contributed by atoms with E-state index in [1.165, 1.54) is 6.26 Å². The first-order valence-corrected chi connectivity index (χ1v) is 7.71. The van der Waals surface area contributed by atoms with Crippen molar-refractivity contribution in [2.45, 2.75) is 0 Å². The van der Waals surface area contributed by atoms with Gasteiger partial charge in [-0.3, -0.25) is 9.78 Å². The van der Waals surface area contributed by atoms with Gasteiger partial charge < -0.3 is 15.1 Å². The summed E-state index contributed by atoms with van der Waals surface area (Å²) in [5.41, 5.74) is 2.34. The number of aromatic nitrogens is 2. The number of anilines is 3. The number of pyridine rings is 2. The summed E-state index contributed by atoms with van der Waals surface area (Å²) in [4.78, 5) is 20.7. The first-order valence-electron chi connectivity index (χ1n) is 7.71. The van der Waals surface area contributed by atoms with Crippen LogP contribution in [0.2, 0.25) is 0 Å². The molecule has 6 heteroatoms. The third-order valence-corrected chi connectivity index (χ3v) is 3.66. The summed E-state index contributed by atoms with van der Waals surface area (Å²) in [6, 6.07) is 16.7. The Kier molecular flexibility index (Phi) is 3.84. The maximum Gasteiger partial charge on any atom is 0.291 e. The number of nitrogens with zero attached hydrogens (tertiary/aromatic N) is 2. The van der Waals surface area contributed by atoms with Gasteiger partial charge in [-0.25, -0.2) is 4.98 Å². The number of hydrogen-bond acceptors (Lipinski definition) is 5. The molecule has 4 rings (SSSR count). The van der Waals surface area contributed by atoms with Gasteiger partial charge in [-0.15, -0.1) is 0 Å². The lowest BCUT2D eigenvalue weighted by Crippen LogP contribution is -2.11. The van der Waals surface area contributed by atoms with Crippen LogP contribution in [0, 0.1) is 0 Å². The van der Waals surface area contributed by atoms with Crippen LogP contribution in [0.3, 0.4) is 0 Å². The van der Waals surface area contributed by atoms with E-state index in [1.807, 2.05) is 30.3 Å². The van der Waals surface area contributed by atoms with E-state index in [0.29, 0.717) is 11.5 Å². The molecule has 6 nitrogen and oxygen atoms in total. The molecule has 2 N–H and O–H groups in total. The minimum absolute atomic E-state index is 0.254. The smallest absolute Gasteiger partial charge is 0.291 e. The zero-order chi connectivity index (χ0) is 17.1. The first kappa shape index (κ1) is 14.9. The molecule has 122 valence electrons. The van der Waals surface area contributed by atoms with Gasteiger partial charge in [-0.2, -0.15) is 0 Å². The van der Waals surface area contributed by atoms with Crippen molar-refractivity contribution in [3.05, 3.63) is 79.0 Å². The predicted molar refractivity (Wildman–Crippen MR) is 95.9 cm³/mol. The van der Waals surface area contributed by atoms with Crippen LogP contribution in [0.4, 0.5) is 17.2 Å². The van der Waals surface area contributed by atoms with Crippen molar-refractivity contribution in [3.8, 4) is 0 Å². The second-order valence-corrected chi connectivity index (χ2v) is 5.37. The average Bonchev–Trinajstić information content (AvgIpc) is 3.19. The Morgan fingerprint density at radius 2 is 1.88 bits per heavy atom. The van der Waals surface area contributed by atoms with Gasteiger partial charge in [-0.1, -0.05) is 18.2 Å². The minimum Gasteiger partial charge on any atom is -0.459 e. The van der Waals surface area contributed by atoms with Crippen LogP contribution in [0.1, 0.15) is 10.6 Å². The number of nitrogens with one attached hydrogen (secondary N) is 2. The molecule has 4 aromatic rings. The van der Waals surface area contributed by atoms with E-state index in [2.05, 4.69) is 20.6 Å². The van der Waals surface area contributed by atoms with Crippen LogP contribution in [0.15, 0.2) is 77.7 Å². The third kappa shape index (κ3) is 3.18. The highest BCUT2D eigenvalue weighted by molar-refractivity contribution is 6.02. The Hall–Kier alpha value is -3.67. The summed E-state index contributed by atoms with van der Waals surface area (Å²) in [5, 5.41) is 7.03. The molecule has 0 aliphatic carbocycles. The topological polar surface area (TPSA) is 80.0 Å². The number of furan rings is 1. The number of benzene rings is 1. The number of fused-ring (bicyclic) bond motifs is 1. The van der Waals surface area contributed by atoms with E-state index in [-0.39, 0.29) is 11.7 Å². The van der Waals surface area contributed by atoms with Crippen LogP contribution in [-0.4, -0.2) is 15.9 Å².